The molecule has 15 heavy (non-hydrogen) atoms. The third-order valence-electron chi connectivity index (χ3n) is 1.89. The van der Waals surface area contributed by atoms with Crippen molar-refractivity contribution in [2.75, 3.05) is 6.54 Å². The Hall–Kier alpha value is -1.73. The molecule has 1 aliphatic rings. The molecule has 0 fully saturated rings. The van der Waals surface area contributed by atoms with Crippen LogP contribution >= 0.6 is 0 Å². The van der Waals surface area contributed by atoms with Crippen molar-refractivity contribution < 1.29 is 9.59 Å². The number of hydrogen-bond donors (Lipinski definition) is 3. The Labute approximate surface area is 86.7 Å². The normalized spacial score (nSPS) is 14.4. The minimum Gasteiger partial charge on any atom is -0.293 e. The minimum atomic E-state index is -0.522. The van der Waals surface area contributed by atoms with E-state index in [1.165, 1.54) is 6.20 Å². The summed E-state index contributed by atoms with van der Waals surface area (Å²) in [6, 6.07) is 0. The molecule has 0 aromatic carbocycles. The Morgan fingerprint density at radius 1 is 1.60 bits per heavy atom. The van der Waals surface area contributed by atoms with Crippen molar-refractivity contribution >= 4 is 18.0 Å². The summed E-state index contributed by atoms with van der Waals surface area (Å²) in [7, 11) is 0. The predicted molar refractivity (Wildman–Crippen MR) is 54.0 cm³/mol. The molecule has 0 bridgehead atoms. The van der Waals surface area contributed by atoms with Crippen LogP contribution in [0.3, 0.4) is 0 Å². The first kappa shape index (κ1) is 11.3. The lowest BCUT2D eigenvalue weighted by molar-refractivity contribution is -0.133. The van der Waals surface area contributed by atoms with Gasteiger partial charge in [0, 0.05) is 18.0 Å². The lowest BCUT2D eigenvalue weighted by Gasteiger charge is -2.17. The maximum absolute atomic E-state index is 11.6. The molecule has 0 spiro atoms. The zero-order valence-electron chi connectivity index (χ0n) is 8.14. The second kappa shape index (κ2) is 5.23. The van der Waals surface area contributed by atoms with E-state index in [9.17, 15) is 9.59 Å². The summed E-state index contributed by atoms with van der Waals surface area (Å²) in [6.07, 6.45) is 4.45. The van der Waals surface area contributed by atoms with Gasteiger partial charge in [0.05, 0.1) is 0 Å². The van der Waals surface area contributed by atoms with E-state index in [1.807, 2.05) is 5.43 Å². The Bertz CT molecular complexity index is 323. The Kier molecular flexibility index (Phi) is 3.95. The summed E-state index contributed by atoms with van der Waals surface area (Å²) in [4.78, 5) is 26.3. The second-order valence-electron chi connectivity index (χ2n) is 3.03. The van der Waals surface area contributed by atoms with Crippen molar-refractivity contribution in [3.63, 3.8) is 0 Å². The molecule has 5 N–H and O–H groups in total. The molecule has 0 saturated heterocycles. The number of nitrogens with two attached hydrogens (primary N) is 2. The van der Waals surface area contributed by atoms with Crippen LogP contribution in [0.1, 0.15) is 12.8 Å². The minimum absolute atomic E-state index is 0.267. The molecular weight excluding hydrogens is 198 g/mol. The van der Waals surface area contributed by atoms with Crippen molar-refractivity contribution in [2.45, 2.75) is 12.8 Å². The number of aliphatic imine (C=N–C) groups is 1. The van der Waals surface area contributed by atoms with Gasteiger partial charge in [0.2, 0.25) is 0 Å². The van der Waals surface area contributed by atoms with Crippen LogP contribution in [0.25, 0.3) is 0 Å². The van der Waals surface area contributed by atoms with Gasteiger partial charge in [-0.15, -0.1) is 0 Å². The van der Waals surface area contributed by atoms with Gasteiger partial charge in [0.25, 0.3) is 11.8 Å². The van der Waals surface area contributed by atoms with E-state index >= 15 is 0 Å². The van der Waals surface area contributed by atoms with Crippen molar-refractivity contribution in [2.24, 2.45) is 16.7 Å². The molecule has 0 unspecified atom stereocenters. The SMILES string of the molecule is NNC(=O)CN(N)C(=O)C1=CN=CCC1. The lowest BCUT2D eigenvalue weighted by atomic mass is 10.1. The molecule has 1 aliphatic heterocycles. The molecule has 0 saturated carbocycles. The summed E-state index contributed by atoms with van der Waals surface area (Å²) >= 11 is 0. The van der Waals surface area contributed by atoms with E-state index < -0.39 is 11.8 Å². The Morgan fingerprint density at radius 3 is 2.87 bits per heavy atom. The fourth-order valence-electron chi connectivity index (χ4n) is 1.12. The van der Waals surface area contributed by atoms with Crippen LogP contribution in [0.5, 0.6) is 0 Å². The molecule has 1 rings (SSSR count). The summed E-state index contributed by atoms with van der Waals surface area (Å²) in [5.41, 5.74) is 2.38. The first-order chi connectivity index (χ1) is 7.15. The summed E-state index contributed by atoms with van der Waals surface area (Å²) in [5.74, 6) is 9.34. The van der Waals surface area contributed by atoms with Gasteiger partial charge in [-0.05, 0) is 12.8 Å². The molecule has 0 aromatic heterocycles. The Balaban J connectivity index is 2.56. The van der Waals surface area contributed by atoms with Crippen molar-refractivity contribution in [1.29, 1.82) is 0 Å². The smallest absolute Gasteiger partial charge is 0.265 e. The lowest BCUT2D eigenvalue weighted by Crippen LogP contribution is -2.47. The number of amides is 2. The van der Waals surface area contributed by atoms with Gasteiger partial charge in [-0.3, -0.25) is 25.0 Å². The highest BCUT2D eigenvalue weighted by molar-refractivity contribution is 5.96. The van der Waals surface area contributed by atoms with Crippen LogP contribution in [0.15, 0.2) is 16.8 Å². The standard InChI is InChI=1S/C8H13N5O2/c9-12-7(14)5-13(10)8(15)6-2-1-3-11-4-6/h3-4H,1-2,5,9-10H2,(H,12,14). The van der Waals surface area contributed by atoms with Gasteiger partial charge in [0.1, 0.15) is 6.54 Å². The van der Waals surface area contributed by atoms with E-state index in [0.717, 1.165) is 5.01 Å². The van der Waals surface area contributed by atoms with Crippen LogP contribution in [0.4, 0.5) is 0 Å². The largest absolute Gasteiger partial charge is 0.293 e. The summed E-state index contributed by atoms with van der Waals surface area (Å²) in [6.45, 7) is -0.267. The monoisotopic (exact) mass is 211 g/mol. The zero-order valence-corrected chi connectivity index (χ0v) is 8.14. The maximum Gasteiger partial charge on any atom is 0.265 e. The topological polar surface area (TPSA) is 114 Å². The molecule has 0 aromatic rings. The summed E-state index contributed by atoms with van der Waals surface area (Å²) in [5, 5.41) is 0.814. The molecule has 7 nitrogen and oxygen atoms in total. The first-order valence-electron chi connectivity index (χ1n) is 4.42. The number of hydrazine groups is 2. The highest BCUT2D eigenvalue weighted by Gasteiger charge is 2.18. The highest BCUT2D eigenvalue weighted by atomic mass is 16.2. The van der Waals surface area contributed by atoms with Crippen molar-refractivity contribution in [1.82, 2.24) is 10.4 Å². The van der Waals surface area contributed by atoms with E-state index in [0.29, 0.717) is 18.4 Å². The van der Waals surface area contributed by atoms with E-state index in [4.69, 9.17) is 11.7 Å². The van der Waals surface area contributed by atoms with Crippen molar-refractivity contribution in [3.8, 4) is 0 Å². The molecule has 1 heterocycles. The van der Waals surface area contributed by atoms with Crippen molar-refractivity contribution in [3.05, 3.63) is 11.8 Å². The molecule has 0 aliphatic carbocycles. The predicted octanol–water partition coefficient (Wildman–Crippen LogP) is -1.57. The van der Waals surface area contributed by atoms with Gasteiger partial charge in [-0.25, -0.2) is 11.7 Å². The quantitative estimate of drug-likeness (QED) is 0.297. The second-order valence-corrected chi connectivity index (χ2v) is 3.03. The average molecular weight is 211 g/mol. The molecule has 7 heteroatoms. The van der Waals surface area contributed by atoms with Gasteiger partial charge in [-0.2, -0.15) is 0 Å². The maximum atomic E-state index is 11.6. The molecule has 82 valence electrons. The third-order valence-corrected chi connectivity index (χ3v) is 1.89. The van der Waals surface area contributed by atoms with Gasteiger partial charge in [-0.1, -0.05) is 0 Å². The molecular formula is C8H13N5O2. The van der Waals surface area contributed by atoms with Gasteiger partial charge < -0.3 is 0 Å². The van der Waals surface area contributed by atoms with Gasteiger partial charge in [0.15, 0.2) is 0 Å². The zero-order chi connectivity index (χ0) is 11.3. The summed E-state index contributed by atoms with van der Waals surface area (Å²) < 4.78 is 0. The van der Waals surface area contributed by atoms with Crippen LogP contribution in [-0.2, 0) is 9.59 Å². The Morgan fingerprint density at radius 2 is 2.33 bits per heavy atom. The number of nitrogens with zero attached hydrogens (tertiary/aromatic N) is 2. The van der Waals surface area contributed by atoms with Crippen LogP contribution in [0, 0.1) is 0 Å². The van der Waals surface area contributed by atoms with E-state index in [-0.39, 0.29) is 6.54 Å². The number of nitrogens with one attached hydrogen (secondary N) is 1. The molecule has 2 amide bonds. The van der Waals surface area contributed by atoms with Crippen LogP contribution in [-0.4, -0.2) is 29.6 Å². The third kappa shape index (κ3) is 3.15. The van der Waals surface area contributed by atoms with E-state index in [1.54, 1.807) is 6.21 Å². The van der Waals surface area contributed by atoms with Crippen LogP contribution in [0.2, 0.25) is 0 Å². The fourth-order valence-corrected chi connectivity index (χ4v) is 1.12. The number of hydrogen-bond acceptors (Lipinski definition) is 5. The number of rotatable bonds is 3. The highest BCUT2D eigenvalue weighted by Crippen LogP contribution is 2.10. The van der Waals surface area contributed by atoms with Crippen LogP contribution < -0.4 is 17.1 Å². The van der Waals surface area contributed by atoms with E-state index in [2.05, 4.69) is 4.99 Å². The van der Waals surface area contributed by atoms with Gasteiger partial charge >= 0.3 is 0 Å². The number of carbonyl (C=O) groups is 2. The average Bonchev–Trinajstić information content (AvgIpc) is 2.29. The fraction of sp³-hybridized carbons (Fsp3) is 0.375. The molecule has 0 atom stereocenters. The first-order valence-corrected chi connectivity index (χ1v) is 4.42. The number of carbonyl (C=O) groups excluding carboxylic acids is 2. The molecule has 0 radical (unpaired) electrons.